The van der Waals surface area contributed by atoms with Crippen molar-refractivity contribution in [3.63, 3.8) is 0 Å². The Kier molecular flexibility index (Phi) is 6.22. The highest BCUT2D eigenvalue weighted by molar-refractivity contribution is 6.05. The van der Waals surface area contributed by atoms with Crippen LogP contribution in [0, 0.1) is 0 Å². The highest BCUT2D eigenvalue weighted by Gasteiger charge is 2.18. The predicted molar refractivity (Wildman–Crippen MR) is 111 cm³/mol. The Morgan fingerprint density at radius 3 is 2.46 bits per heavy atom. The minimum atomic E-state index is -0.120. The molecule has 144 valence electrons. The average molecular weight is 376 g/mol. The summed E-state index contributed by atoms with van der Waals surface area (Å²) < 4.78 is 5.16. The summed E-state index contributed by atoms with van der Waals surface area (Å²) in [7, 11) is 1.60. The zero-order valence-corrected chi connectivity index (χ0v) is 16.3. The molecule has 0 aliphatic heterocycles. The van der Waals surface area contributed by atoms with Gasteiger partial charge in [0.2, 0.25) is 5.95 Å². The number of methoxy groups -OCH3 is 1. The zero-order chi connectivity index (χ0) is 19.9. The number of anilines is 2. The number of aromatic nitrogens is 2. The van der Waals surface area contributed by atoms with Crippen LogP contribution in [-0.4, -0.2) is 29.5 Å². The number of hydrogen-bond donors (Lipinski definition) is 1. The van der Waals surface area contributed by atoms with E-state index in [1.807, 2.05) is 44.2 Å². The second kappa shape index (κ2) is 8.99. The molecule has 1 amide bonds. The number of benzene rings is 2. The lowest BCUT2D eigenvalue weighted by Gasteiger charge is -2.21. The van der Waals surface area contributed by atoms with E-state index in [1.54, 1.807) is 48.5 Å². The monoisotopic (exact) mass is 376 g/mol. The maximum Gasteiger partial charge on any atom is 0.259 e. The molecule has 2 aromatic carbocycles. The smallest absolute Gasteiger partial charge is 0.259 e. The van der Waals surface area contributed by atoms with Crippen LogP contribution < -0.4 is 15.0 Å². The summed E-state index contributed by atoms with van der Waals surface area (Å²) in [5.74, 6) is 1.63. The second-order valence-electron chi connectivity index (χ2n) is 6.29. The van der Waals surface area contributed by atoms with Crippen molar-refractivity contribution in [3.05, 3.63) is 78.0 Å². The molecule has 1 heterocycles. The quantitative estimate of drug-likeness (QED) is 0.665. The Labute approximate surface area is 165 Å². The minimum absolute atomic E-state index is 0.0452. The Bertz CT molecular complexity index is 913. The van der Waals surface area contributed by atoms with Gasteiger partial charge >= 0.3 is 0 Å². The number of nitrogens with one attached hydrogen (secondary N) is 1. The van der Waals surface area contributed by atoms with Crippen LogP contribution >= 0.6 is 0 Å². The Hall–Kier alpha value is -3.41. The number of nitrogens with zero attached hydrogens (tertiary/aromatic N) is 3. The molecule has 0 radical (unpaired) electrons. The van der Waals surface area contributed by atoms with Gasteiger partial charge in [0.05, 0.1) is 13.2 Å². The first-order valence-electron chi connectivity index (χ1n) is 9.22. The van der Waals surface area contributed by atoms with Crippen LogP contribution in [0.15, 0.2) is 66.9 Å². The van der Waals surface area contributed by atoms with Crippen molar-refractivity contribution in [1.82, 2.24) is 9.97 Å². The SMILES string of the molecule is CCN(C(=O)c1ccc(OC)cc1)c1ccnc(N[C@@H](C)c2ccccc2)n1. The second-order valence-corrected chi connectivity index (χ2v) is 6.29. The van der Waals surface area contributed by atoms with E-state index in [-0.39, 0.29) is 11.9 Å². The van der Waals surface area contributed by atoms with Crippen LogP contribution in [0.4, 0.5) is 11.8 Å². The lowest BCUT2D eigenvalue weighted by Crippen LogP contribution is -2.31. The van der Waals surface area contributed by atoms with Gasteiger partial charge in [-0.15, -0.1) is 0 Å². The first-order valence-corrected chi connectivity index (χ1v) is 9.22. The van der Waals surface area contributed by atoms with E-state index < -0.39 is 0 Å². The molecule has 1 atom stereocenters. The minimum Gasteiger partial charge on any atom is -0.497 e. The molecule has 6 heteroatoms. The third kappa shape index (κ3) is 4.46. The summed E-state index contributed by atoms with van der Waals surface area (Å²) in [5, 5.41) is 3.29. The highest BCUT2D eigenvalue weighted by atomic mass is 16.5. The van der Waals surface area contributed by atoms with Crippen molar-refractivity contribution < 1.29 is 9.53 Å². The van der Waals surface area contributed by atoms with Crippen molar-refractivity contribution in [2.24, 2.45) is 0 Å². The summed E-state index contributed by atoms with van der Waals surface area (Å²) >= 11 is 0. The standard InChI is InChI=1S/C22H24N4O2/c1-4-26(21(27)18-10-12-19(28-3)13-11-18)20-14-15-23-22(25-20)24-16(2)17-8-6-5-7-9-17/h5-16H,4H2,1-3H3,(H,23,24,25)/t16-/m0/s1. The number of amides is 1. The first kappa shape index (κ1) is 19.4. The molecule has 6 nitrogen and oxygen atoms in total. The van der Waals surface area contributed by atoms with Gasteiger partial charge in [-0.05, 0) is 49.7 Å². The van der Waals surface area contributed by atoms with Crippen molar-refractivity contribution >= 4 is 17.7 Å². The molecular formula is C22H24N4O2. The van der Waals surface area contributed by atoms with Gasteiger partial charge < -0.3 is 10.1 Å². The van der Waals surface area contributed by atoms with Crippen molar-refractivity contribution in [1.29, 1.82) is 0 Å². The molecule has 3 aromatic rings. The molecule has 0 saturated carbocycles. The van der Waals surface area contributed by atoms with Crippen LogP contribution in [0.3, 0.4) is 0 Å². The first-order chi connectivity index (χ1) is 13.6. The van der Waals surface area contributed by atoms with Gasteiger partial charge in [0.15, 0.2) is 0 Å². The normalized spacial score (nSPS) is 11.5. The van der Waals surface area contributed by atoms with Gasteiger partial charge in [-0.3, -0.25) is 9.69 Å². The van der Waals surface area contributed by atoms with E-state index in [2.05, 4.69) is 15.3 Å². The molecule has 0 aliphatic rings. The number of ether oxygens (including phenoxy) is 1. The van der Waals surface area contributed by atoms with E-state index in [1.165, 1.54) is 0 Å². The van der Waals surface area contributed by atoms with E-state index in [9.17, 15) is 4.79 Å². The largest absolute Gasteiger partial charge is 0.497 e. The summed E-state index contributed by atoms with van der Waals surface area (Å²) in [5.41, 5.74) is 1.71. The fourth-order valence-electron chi connectivity index (χ4n) is 2.89. The third-order valence-corrected chi connectivity index (χ3v) is 4.46. The number of carbonyl (C=O) groups is 1. The van der Waals surface area contributed by atoms with E-state index in [4.69, 9.17) is 4.74 Å². The molecule has 0 fully saturated rings. The van der Waals surface area contributed by atoms with E-state index in [0.29, 0.717) is 29.6 Å². The Morgan fingerprint density at radius 2 is 1.82 bits per heavy atom. The molecule has 0 spiro atoms. The van der Waals surface area contributed by atoms with Crippen molar-refractivity contribution in [2.75, 3.05) is 23.9 Å². The molecule has 0 bridgehead atoms. The maximum absolute atomic E-state index is 12.9. The zero-order valence-electron chi connectivity index (χ0n) is 16.3. The number of hydrogen-bond acceptors (Lipinski definition) is 5. The number of carbonyl (C=O) groups excluding carboxylic acids is 1. The average Bonchev–Trinajstić information content (AvgIpc) is 2.75. The van der Waals surface area contributed by atoms with Crippen molar-refractivity contribution in [2.45, 2.75) is 19.9 Å². The predicted octanol–water partition coefficient (Wildman–Crippen LogP) is 4.33. The molecule has 0 unspecified atom stereocenters. The van der Waals surface area contributed by atoms with Crippen LogP contribution in [-0.2, 0) is 0 Å². The molecule has 1 aromatic heterocycles. The lowest BCUT2D eigenvalue weighted by molar-refractivity contribution is 0.0987. The van der Waals surface area contributed by atoms with Gasteiger partial charge in [0.25, 0.3) is 5.91 Å². The molecule has 1 N–H and O–H groups in total. The van der Waals surface area contributed by atoms with Gasteiger partial charge in [0, 0.05) is 18.3 Å². The van der Waals surface area contributed by atoms with Crippen molar-refractivity contribution in [3.8, 4) is 5.75 Å². The maximum atomic E-state index is 12.9. The van der Waals surface area contributed by atoms with E-state index in [0.717, 1.165) is 5.56 Å². The highest BCUT2D eigenvalue weighted by Crippen LogP contribution is 2.20. The van der Waals surface area contributed by atoms with Gasteiger partial charge in [0.1, 0.15) is 11.6 Å². The van der Waals surface area contributed by atoms with Crippen LogP contribution in [0.25, 0.3) is 0 Å². The van der Waals surface area contributed by atoms with Gasteiger partial charge in [-0.2, -0.15) is 4.98 Å². The summed E-state index contributed by atoms with van der Waals surface area (Å²) in [6, 6.07) is 18.9. The lowest BCUT2D eigenvalue weighted by atomic mass is 10.1. The summed E-state index contributed by atoms with van der Waals surface area (Å²) in [6.45, 7) is 4.46. The summed E-state index contributed by atoms with van der Waals surface area (Å²) in [6.07, 6.45) is 1.66. The fraction of sp³-hybridized carbons (Fsp3) is 0.227. The Morgan fingerprint density at radius 1 is 1.11 bits per heavy atom. The van der Waals surface area contributed by atoms with Gasteiger partial charge in [-0.25, -0.2) is 4.98 Å². The van der Waals surface area contributed by atoms with Crippen LogP contribution in [0.2, 0.25) is 0 Å². The summed E-state index contributed by atoms with van der Waals surface area (Å²) in [4.78, 5) is 23.4. The topological polar surface area (TPSA) is 67.4 Å². The molecular weight excluding hydrogens is 352 g/mol. The third-order valence-electron chi connectivity index (χ3n) is 4.46. The van der Waals surface area contributed by atoms with E-state index >= 15 is 0 Å². The molecule has 3 rings (SSSR count). The van der Waals surface area contributed by atoms with Gasteiger partial charge in [-0.1, -0.05) is 30.3 Å². The Balaban J connectivity index is 1.79. The molecule has 0 saturated heterocycles. The fourth-order valence-corrected chi connectivity index (χ4v) is 2.89. The van der Waals surface area contributed by atoms with Crippen LogP contribution in [0.1, 0.15) is 35.8 Å². The molecule has 28 heavy (non-hydrogen) atoms. The number of rotatable bonds is 7. The molecule has 0 aliphatic carbocycles. The van der Waals surface area contributed by atoms with Crippen LogP contribution in [0.5, 0.6) is 5.75 Å².